The second-order valence-electron chi connectivity index (χ2n) is 7.19. The van der Waals surface area contributed by atoms with Gasteiger partial charge in [0.25, 0.3) is 0 Å². The van der Waals surface area contributed by atoms with Crippen LogP contribution >= 0.6 is 15.9 Å². The molecule has 3 fully saturated rings. The Morgan fingerprint density at radius 3 is 3.00 bits per heavy atom. The van der Waals surface area contributed by atoms with E-state index in [0.29, 0.717) is 24.7 Å². The molecule has 2 saturated heterocycles. The third-order valence-corrected chi connectivity index (χ3v) is 6.02. The summed E-state index contributed by atoms with van der Waals surface area (Å²) in [4.78, 5) is 0. The van der Waals surface area contributed by atoms with E-state index >= 15 is 0 Å². The summed E-state index contributed by atoms with van der Waals surface area (Å²) in [6, 6.07) is 4.21. The van der Waals surface area contributed by atoms with Crippen LogP contribution in [-0.4, -0.2) is 37.8 Å². The first-order valence-corrected chi connectivity index (χ1v) is 10.1. The van der Waals surface area contributed by atoms with E-state index in [1.54, 1.807) is 0 Å². The molecule has 25 heavy (non-hydrogen) atoms. The highest BCUT2D eigenvalue weighted by Crippen LogP contribution is 2.57. The first kappa shape index (κ1) is 16.5. The average Bonchev–Trinajstić information content (AvgIpc) is 3.12. The lowest BCUT2D eigenvalue weighted by Crippen LogP contribution is -2.26. The SMILES string of the molecule is CCOC(OC1CCCCO1)c1cc(Br)cc2c1OC1C[C@H]3O[C@H]3C21. The van der Waals surface area contributed by atoms with Crippen LogP contribution in [0.1, 0.15) is 55.9 Å². The lowest BCUT2D eigenvalue weighted by molar-refractivity contribution is -0.258. The van der Waals surface area contributed by atoms with Gasteiger partial charge in [-0.25, -0.2) is 0 Å². The zero-order chi connectivity index (χ0) is 17.0. The third-order valence-electron chi connectivity index (χ3n) is 5.57. The van der Waals surface area contributed by atoms with Gasteiger partial charge in [-0.05, 0) is 38.3 Å². The molecule has 0 spiro atoms. The largest absolute Gasteiger partial charge is 0.489 e. The van der Waals surface area contributed by atoms with Gasteiger partial charge < -0.3 is 23.7 Å². The van der Waals surface area contributed by atoms with Gasteiger partial charge in [-0.1, -0.05) is 15.9 Å². The normalized spacial score (nSPS) is 36.3. The molecule has 5 rings (SSSR count). The van der Waals surface area contributed by atoms with E-state index in [0.717, 1.165) is 48.1 Å². The Hall–Kier alpha value is -0.660. The third kappa shape index (κ3) is 2.92. The standard InChI is InChI=1S/C19H23BrO5/c1-2-21-19(25-15-5-3-4-6-22-15)12-8-10(20)7-11-16-13(23-17(11)12)9-14-18(16)24-14/h7-8,13-16,18-19H,2-6,9H2,1H3/t13?,14-,15?,16?,18-,19?/m1/s1. The van der Waals surface area contributed by atoms with Crippen LogP contribution in [0.2, 0.25) is 0 Å². The lowest BCUT2D eigenvalue weighted by Gasteiger charge is -2.28. The highest BCUT2D eigenvalue weighted by Gasteiger charge is 2.60. The van der Waals surface area contributed by atoms with E-state index in [4.69, 9.17) is 23.7 Å². The van der Waals surface area contributed by atoms with Crippen LogP contribution in [0.5, 0.6) is 5.75 Å². The summed E-state index contributed by atoms with van der Waals surface area (Å²) in [6.45, 7) is 3.30. The molecule has 3 aliphatic heterocycles. The molecule has 0 radical (unpaired) electrons. The second kappa shape index (κ2) is 6.50. The number of epoxide rings is 1. The smallest absolute Gasteiger partial charge is 0.190 e. The van der Waals surface area contributed by atoms with Gasteiger partial charge in [0.2, 0.25) is 0 Å². The van der Waals surface area contributed by atoms with Crippen molar-refractivity contribution in [2.75, 3.05) is 13.2 Å². The second-order valence-corrected chi connectivity index (χ2v) is 8.11. The van der Waals surface area contributed by atoms with Crippen LogP contribution in [-0.2, 0) is 18.9 Å². The lowest BCUT2D eigenvalue weighted by atomic mass is 9.95. The molecule has 6 heteroatoms. The topological polar surface area (TPSA) is 49.5 Å². The van der Waals surface area contributed by atoms with Crippen molar-refractivity contribution >= 4 is 15.9 Å². The number of ether oxygens (including phenoxy) is 5. The monoisotopic (exact) mass is 410 g/mol. The number of halogens is 1. The Kier molecular flexibility index (Phi) is 4.29. The van der Waals surface area contributed by atoms with E-state index in [1.165, 1.54) is 5.56 Å². The van der Waals surface area contributed by atoms with Gasteiger partial charge in [0, 0.05) is 29.7 Å². The van der Waals surface area contributed by atoms with Crippen molar-refractivity contribution in [2.45, 2.75) is 69.4 Å². The van der Waals surface area contributed by atoms with Gasteiger partial charge in [0.1, 0.15) is 11.9 Å². The van der Waals surface area contributed by atoms with Gasteiger partial charge in [0.15, 0.2) is 12.6 Å². The Balaban J connectivity index is 1.46. The van der Waals surface area contributed by atoms with Crippen LogP contribution < -0.4 is 4.74 Å². The zero-order valence-corrected chi connectivity index (χ0v) is 15.9. The molecule has 0 N–H and O–H groups in total. The molecule has 136 valence electrons. The predicted octanol–water partition coefficient (Wildman–Crippen LogP) is 4.04. The summed E-state index contributed by atoms with van der Waals surface area (Å²) in [5.41, 5.74) is 2.17. The quantitative estimate of drug-likeness (QED) is 0.541. The number of hydrogen-bond acceptors (Lipinski definition) is 5. The summed E-state index contributed by atoms with van der Waals surface area (Å²) in [6.07, 6.45) is 4.35. The van der Waals surface area contributed by atoms with Crippen LogP contribution in [0.15, 0.2) is 16.6 Å². The van der Waals surface area contributed by atoms with Gasteiger partial charge in [-0.15, -0.1) is 0 Å². The molecular weight excluding hydrogens is 388 g/mol. The highest BCUT2D eigenvalue weighted by molar-refractivity contribution is 9.10. The van der Waals surface area contributed by atoms with Crippen LogP contribution in [0, 0.1) is 0 Å². The first-order chi connectivity index (χ1) is 12.2. The molecule has 1 aromatic rings. The highest BCUT2D eigenvalue weighted by atomic mass is 79.9. The van der Waals surface area contributed by atoms with Crippen molar-refractivity contribution in [3.8, 4) is 5.75 Å². The van der Waals surface area contributed by atoms with E-state index < -0.39 is 6.29 Å². The summed E-state index contributed by atoms with van der Waals surface area (Å²) in [5.74, 6) is 1.26. The Morgan fingerprint density at radius 1 is 1.28 bits per heavy atom. The van der Waals surface area contributed by atoms with Gasteiger partial charge in [0.05, 0.1) is 23.7 Å². The van der Waals surface area contributed by atoms with Crippen molar-refractivity contribution in [1.82, 2.24) is 0 Å². The summed E-state index contributed by atoms with van der Waals surface area (Å²) in [7, 11) is 0. The van der Waals surface area contributed by atoms with Gasteiger partial charge >= 0.3 is 0 Å². The summed E-state index contributed by atoms with van der Waals surface area (Å²) in [5, 5.41) is 0. The molecule has 4 aliphatic rings. The number of rotatable bonds is 5. The molecule has 1 saturated carbocycles. The molecule has 1 aromatic carbocycles. The maximum atomic E-state index is 6.33. The molecule has 6 atom stereocenters. The van der Waals surface area contributed by atoms with Crippen molar-refractivity contribution < 1.29 is 23.7 Å². The molecule has 1 aliphatic carbocycles. The maximum absolute atomic E-state index is 6.33. The number of benzene rings is 1. The van der Waals surface area contributed by atoms with E-state index in [9.17, 15) is 0 Å². The first-order valence-electron chi connectivity index (χ1n) is 9.28. The Morgan fingerprint density at radius 2 is 2.20 bits per heavy atom. The average molecular weight is 411 g/mol. The summed E-state index contributed by atoms with van der Waals surface area (Å²) < 4.78 is 31.0. The number of fused-ring (bicyclic) bond motifs is 5. The van der Waals surface area contributed by atoms with Gasteiger partial charge in [-0.3, -0.25) is 0 Å². The van der Waals surface area contributed by atoms with Crippen LogP contribution in [0.4, 0.5) is 0 Å². The van der Waals surface area contributed by atoms with Crippen molar-refractivity contribution in [1.29, 1.82) is 0 Å². The van der Waals surface area contributed by atoms with Crippen LogP contribution in [0.3, 0.4) is 0 Å². The molecule has 5 nitrogen and oxygen atoms in total. The minimum Gasteiger partial charge on any atom is -0.489 e. The maximum Gasteiger partial charge on any atom is 0.190 e. The molecule has 0 amide bonds. The molecule has 0 aromatic heterocycles. The van der Waals surface area contributed by atoms with E-state index in [-0.39, 0.29) is 12.4 Å². The summed E-state index contributed by atoms with van der Waals surface area (Å²) >= 11 is 3.65. The molecular formula is C19H23BrO5. The molecule has 0 bridgehead atoms. The molecule has 3 heterocycles. The fourth-order valence-electron chi connectivity index (χ4n) is 4.40. The predicted molar refractivity (Wildman–Crippen MR) is 93.6 cm³/mol. The number of hydrogen-bond donors (Lipinski definition) is 0. The van der Waals surface area contributed by atoms with E-state index in [1.807, 2.05) is 13.0 Å². The molecule has 4 unspecified atom stereocenters. The van der Waals surface area contributed by atoms with Gasteiger partial charge in [-0.2, -0.15) is 0 Å². The fourth-order valence-corrected chi connectivity index (χ4v) is 4.90. The Bertz CT molecular complexity index is 659. The van der Waals surface area contributed by atoms with Crippen molar-refractivity contribution in [3.05, 3.63) is 27.7 Å². The van der Waals surface area contributed by atoms with Crippen LogP contribution in [0.25, 0.3) is 0 Å². The fraction of sp³-hybridized carbons (Fsp3) is 0.684. The minimum absolute atomic E-state index is 0.211. The minimum atomic E-state index is -0.478. The van der Waals surface area contributed by atoms with Crippen molar-refractivity contribution in [3.63, 3.8) is 0 Å². The van der Waals surface area contributed by atoms with Crippen molar-refractivity contribution in [2.24, 2.45) is 0 Å². The Labute approximate surface area is 156 Å². The zero-order valence-electron chi connectivity index (χ0n) is 14.3. The van der Waals surface area contributed by atoms with E-state index in [2.05, 4.69) is 22.0 Å².